The lowest BCUT2D eigenvalue weighted by Gasteiger charge is -2.38. The number of thioether (sulfide) groups is 1. The van der Waals surface area contributed by atoms with Gasteiger partial charge in [0.25, 0.3) is 0 Å². The number of nitrogens with zero attached hydrogens (tertiary/aromatic N) is 1. The van der Waals surface area contributed by atoms with Crippen LogP contribution in [0, 0.1) is 11.7 Å². The van der Waals surface area contributed by atoms with Gasteiger partial charge < -0.3 is 10.2 Å². The van der Waals surface area contributed by atoms with Crippen molar-refractivity contribution in [2.75, 3.05) is 18.8 Å². The summed E-state index contributed by atoms with van der Waals surface area (Å²) >= 11 is 1.54. The molecule has 0 saturated carbocycles. The molecule has 2 amide bonds. The number of rotatable bonds is 3. The highest BCUT2D eigenvalue weighted by Crippen LogP contribution is 2.30. The lowest BCUT2D eigenvalue weighted by Crippen LogP contribution is -2.58. The van der Waals surface area contributed by atoms with E-state index >= 15 is 0 Å². The summed E-state index contributed by atoms with van der Waals surface area (Å²) in [5.41, 5.74) is 1.14. The van der Waals surface area contributed by atoms with Crippen LogP contribution < -0.4 is 5.32 Å². The number of likely N-dealkylation sites (tertiary alicyclic amines) is 1. The number of nitrogens with one attached hydrogen (secondary N) is 1. The smallest absolute Gasteiger partial charge is 0.246 e. The molecule has 25 heavy (non-hydrogen) atoms. The fourth-order valence-electron chi connectivity index (χ4n) is 3.40. The van der Waals surface area contributed by atoms with Crippen molar-refractivity contribution in [3.8, 4) is 0 Å². The molecule has 6 heteroatoms. The molecule has 0 aromatic heterocycles. The van der Waals surface area contributed by atoms with Crippen molar-refractivity contribution >= 4 is 23.6 Å². The molecular formula is C19H25FN2O2S. The minimum absolute atomic E-state index is 0.0385. The average Bonchev–Trinajstić information content (AvgIpc) is 2.59. The Morgan fingerprint density at radius 3 is 2.52 bits per heavy atom. The number of halogens is 1. The number of hydrogen-bond donors (Lipinski definition) is 1. The maximum absolute atomic E-state index is 13.0. The summed E-state index contributed by atoms with van der Waals surface area (Å²) in [7, 11) is 0. The number of hydrogen-bond acceptors (Lipinski definition) is 3. The van der Waals surface area contributed by atoms with E-state index in [9.17, 15) is 14.0 Å². The van der Waals surface area contributed by atoms with E-state index in [1.54, 1.807) is 11.8 Å². The molecule has 1 atom stereocenters. The van der Waals surface area contributed by atoms with Gasteiger partial charge in [-0.15, -0.1) is 11.8 Å². The summed E-state index contributed by atoms with van der Waals surface area (Å²) in [6.07, 6.45) is 2.82. The minimum atomic E-state index is -0.459. The SMILES string of the molecule is CC1(C)SC[C@@H](C(=O)N2CCC(Cc3ccc(F)cc3)CC2)NC1=O. The molecule has 1 aromatic rings. The molecule has 2 aliphatic heterocycles. The maximum atomic E-state index is 13.0. The van der Waals surface area contributed by atoms with Gasteiger partial charge in [-0.25, -0.2) is 4.39 Å². The van der Waals surface area contributed by atoms with Crippen molar-refractivity contribution in [2.45, 2.75) is 43.9 Å². The van der Waals surface area contributed by atoms with Crippen LogP contribution in [-0.2, 0) is 16.0 Å². The standard InChI is InChI=1S/C19H25FN2O2S/c1-19(2)18(24)21-16(12-25-19)17(23)22-9-7-14(8-10-22)11-13-3-5-15(20)6-4-13/h3-6,14,16H,7-12H2,1-2H3,(H,21,24)/t16-/m0/s1. The van der Waals surface area contributed by atoms with Gasteiger partial charge in [0.05, 0.1) is 4.75 Å². The van der Waals surface area contributed by atoms with E-state index in [0.29, 0.717) is 11.7 Å². The summed E-state index contributed by atoms with van der Waals surface area (Å²) < 4.78 is 12.5. The average molecular weight is 364 g/mol. The number of piperidine rings is 1. The molecule has 2 saturated heterocycles. The number of carbonyl (C=O) groups is 2. The minimum Gasteiger partial charge on any atom is -0.342 e. The molecule has 0 aliphatic carbocycles. The highest BCUT2D eigenvalue weighted by molar-refractivity contribution is 8.01. The topological polar surface area (TPSA) is 49.4 Å². The largest absolute Gasteiger partial charge is 0.342 e. The molecule has 0 radical (unpaired) electrons. The van der Waals surface area contributed by atoms with Crippen LogP contribution >= 0.6 is 11.8 Å². The molecule has 2 aliphatic rings. The number of amides is 2. The van der Waals surface area contributed by atoms with Gasteiger partial charge in [0.15, 0.2) is 0 Å². The Morgan fingerprint density at radius 1 is 1.28 bits per heavy atom. The van der Waals surface area contributed by atoms with E-state index in [0.717, 1.165) is 37.9 Å². The molecular weight excluding hydrogens is 339 g/mol. The van der Waals surface area contributed by atoms with Crippen molar-refractivity contribution in [2.24, 2.45) is 5.92 Å². The second-order valence-corrected chi connectivity index (χ2v) is 9.09. The van der Waals surface area contributed by atoms with Gasteiger partial charge in [0.1, 0.15) is 11.9 Å². The summed E-state index contributed by atoms with van der Waals surface area (Å²) in [5.74, 6) is 0.918. The van der Waals surface area contributed by atoms with Crippen molar-refractivity contribution < 1.29 is 14.0 Å². The van der Waals surface area contributed by atoms with E-state index in [2.05, 4.69) is 5.32 Å². The fraction of sp³-hybridized carbons (Fsp3) is 0.579. The molecule has 0 spiro atoms. The zero-order valence-corrected chi connectivity index (χ0v) is 15.6. The number of carbonyl (C=O) groups excluding carboxylic acids is 2. The van der Waals surface area contributed by atoms with E-state index in [-0.39, 0.29) is 17.6 Å². The van der Waals surface area contributed by atoms with E-state index < -0.39 is 10.8 Å². The van der Waals surface area contributed by atoms with Crippen molar-refractivity contribution in [1.29, 1.82) is 0 Å². The van der Waals surface area contributed by atoms with E-state index in [1.807, 2.05) is 30.9 Å². The molecule has 4 nitrogen and oxygen atoms in total. The molecule has 136 valence electrons. The fourth-order valence-corrected chi connectivity index (χ4v) is 4.39. The van der Waals surface area contributed by atoms with Crippen molar-refractivity contribution in [1.82, 2.24) is 10.2 Å². The van der Waals surface area contributed by atoms with Crippen LogP contribution in [-0.4, -0.2) is 46.3 Å². The van der Waals surface area contributed by atoms with Crippen LogP contribution in [0.4, 0.5) is 4.39 Å². The first-order valence-corrected chi connectivity index (χ1v) is 9.82. The van der Waals surface area contributed by atoms with E-state index in [1.165, 1.54) is 12.1 Å². The Bertz CT molecular complexity index is 639. The first-order valence-electron chi connectivity index (χ1n) is 8.83. The zero-order chi connectivity index (χ0) is 18.0. The van der Waals surface area contributed by atoms with Gasteiger partial charge in [-0.1, -0.05) is 12.1 Å². The molecule has 2 heterocycles. The third kappa shape index (κ3) is 4.35. The second-order valence-electron chi connectivity index (χ2n) is 7.45. The highest BCUT2D eigenvalue weighted by Gasteiger charge is 2.39. The maximum Gasteiger partial charge on any atom is 0.246 e. The molecule has 0 bridgehead atoms. The Kier molecular flexibility index (Phi) is 5.37. The molecule has 2 fully saturated rings. The first kappa shape index (κ1) is 18.2. The third-order valence-electron chi connectivity index (χ3n) is 5.12. The van der Waals surface area contributed by atoms with Gasteiger partial charge >= 0.3 is 0 Å². The van der Waals surface area contributed by atoms with Crippen LogP contribution in [0.5, 0.6) is 0 Å². The Morgan fingerprint density at radius 2 is 1.92 bits per heavy atom. The normalized spacial score (nSPS) is 24.0. The van der Waals surface area contributed by atoms with Crippen LogP contribution in [0.25, 0.3) is 0 Å². The van der Waals surface area contributed by atoms with E-state index in [4.69, 9.17) is 0 Å². The summed E-state index contributed by atoms with van der Waals surface area (Å²) in [6.45, 7) is 5.22. The molecule has 0 unspecified atom stereocenters. The van der Waals surface area contributed by atoms with Crippen molar-refractivity contribution in [3.63, 3.8) is 0 Å². The lowest BCUT2D eigenvalue weighted by molar-refractivity contribution is -0.137. The second kappa shape index (κ2) is 7.36. The molecule has 1 aromatic carbocycles. The first-order chi connectivity index (χ1) is 11.8. The Labute approximate surface area is 152 Å². The quantitative estimate of drug-likeness (QED) is 0.897. The van der Waals surface area contributed by atoms with Gasteiger partial charge in [-0.2, -0.15) is 0 Å². The molecule has 1 N–H and O–H groups in total. The predicted octanol–water partition coefficient (Wildman–Crippen LogP) is 2.62. The van der Waals surface area contributed by atoms with Crippen LogP contribution in [0.15, 0.2) is 24.3 Å². The lowest BCUT2D eigenvalue weighted by atomic mass is 9.90. The zero-order valence-electron chi connectivity index (χ0n) is 14.8. The Hall–Kier alpha value is -1.56. The highest BCUT2D eigenvalue weighted by atomic mass is 32.2. The Balaban J connectivity index is 1.49. The van der Waals surface area contributed by atoms with Crippen LogP contribution in [0.3, 0.4) is 0 Å². The summed E-state index contributed by atoms with van der Waals surface area (Å²) in [5, 5.41) is 2.87. The van der Waals surface area contributed by atoms with Gasteiger partial charge in [-0.05, 0) is 56.7 Å². The summed E-state index contributed by atoms with van der Waals surface area (Å²) in [4.78, 5) is 26.6. The summed E-state index contributed by atoms with van der Waals surface area (Å²) in [6, 6.07) is 6.27. The molecule has 3 rings (SSSR count). The monoisotopic (exact) mass is 364 g/mol. The van der Waals surface area contributed by atoms with Crippen molar-refractivity contribution in [3.05, 3.63) is 35.6 Å². The van der Waals surface area contributed by atoms with Gasteiger partial charge in [-0.3, -0.25) is 9.59 Å². The third-order valence-corrected chi connectivity index (χ3v) is 6.53. The van der Waals surface area contributed by atoms with Gasteiger partial charge in [0.2, 0.25) is 11.8 Å². The number of benzene rings is 1. The van der Waals surface area contributed by atoms with Crippen LogP contribution in [0.1, 0.15) is 32.3 Å². The predicted molar refractivity (Wildman–Crippen MR) is 97.9 cm³/mol. The van der Waals surface area contributed by atoms with Gasteiger partial charge in [0, 0.05) is 18.8 Å². The van der Waals surface area contributed by atoms with Crippen LogP contribution in [0.2, 0.25) is 0 Å².